The van der Waals surface area contributed by atoms with Crippen LogP contribution in [0.2, 0.25) is 0 Å². The Bertz CT molecular complexity index is 953. The number of benzene rings is 4. The summed E-state index contributed by atoms with van der Waals surface area (Å²) in [6.07, 6.45) is 3.29. The second kappa shape index (κ2) is 13.3. The van der Waals surface area contributed by atoms with Gasteiger partial charge in [-0.05, 0) is 52.6 Å². The summed E-state index contributed by atoms with van der Waals surface area (Å²) in [4.78, 5) is 0. The SMILES string of the molecule is CCc1ccccc1Cc1ccccc1CC.c1ccc(CNCc2ccccc2)cc1. The lowest BCUT2D eigenvalue weighted by Crippen LogP contribution is -2.12. The minimum Gasteiger partial charge on any atom is -0.309 e. The molecule has 1 heteroatoms. The van der Waals surface area contributed by atoms with E-state index in [1.807, 2.05) is 12.1 Å². The van der Waals surface area contributed by atoms with Crippen LogP contribution in [0.5, 0.6) is 0 Å². The second-order valence-corrected chi connectivity index (χ2v) is 8.00. The zero-order valence-corrected chi connectivity index (χ0v) is 19.4. The molecule has 4 rings (SSSR count). The monoisotopic (exact) mass is 421 g/mol. The summed E-state index contributed by atoms with van der Waals surface area (Å²) in [6.45, 7) is 6.31. The summed E-state index contributed by atoms with van der Waals surface area (Å²) in [5.41, 5.74) is 8.53. The molecule has 0 saturated carbocycles. The topological polar surface area (TPSA) is 12.0 Å². The van der Waals surface area contributed by atoms with Crippen LogP contribution in [-0.2, 0) is 32.4 Å². The van der Waals surface area contributed by atoms with Crippen LogP contribution >= 0.6 is 0 Å². The van der Waals surface area contributed by atoms with E-state index in [9.17, 15) is 0 Å². The molecule has 0 aliphatic carbocycles. The zero-order valence-electron chi connectivity index (χ0n) is 19.4. The molecule has 0 saturated heterocycles. The third-order valence-electron chi connectivity index (χ3n) is 5.72. The van der Waals surface area contributed by atoms with E-state index in [1.54, 1.807) is 0 Å². The molecule has 0 aliphatic rings. The zero-order chi connectivity index (χ0) is 22.4. The van der Waals surface area contributed by atoms with Gasteiger partial charge in [0.25, 0.3) is 0 Å². The molecule has 0 unspecified atom stereocenters. The van der Waals surface area contributed by atoms with Gasteiger partial charge in [0.05, 0.1) is 0 Å². The van der Waals surface area contributed by atoms with E-state index in [4.69, 9.17) is 0 Å². The van der Waals surface area contributed by atoms with Crippen LogP contribution in [0.1, 0.15) is 47.2 Å². The maximum absolute atomic E-state index is 3.42. The van der Waals surface area contributed by atoms with Crippen molar-refractivity contribution in [1.29, 1.82) is 0 Å². The fraction of sp³-hybridized carbons (Fsp3) is 0.226. The van der Waals surface area contributed by atoms with Gasteiger partial charge in [0.1, 0.15) is 0 Å². The van der Waals surface area contributed by atoms with Crippen LogP contribution in [-0.4, -0.2) is 0 Å². The minimum atomic E-state index is 0.926. The summed E-state index contributed by atoms with van der Waals surface area (Å²) < 4.78 is 0. The fourth-order valence-corrected chi connectivity index (χ4v) is 3.90. The summed E-state index contributed by atoms with van der Waals surface area (Å²) in [5, 5.41) is 3.42. The molecule has 1 nitrogen and oxygen atoms in total. The van der Waals surface area contributed by atoms with Crippen LogP contribution in [0.25, 0.3) is 0 Å². The summed E-state index contributed by atoms with van der Waals surface area (Å²) in [5.74, 6) is 0. The molecule has 0 heterocycles. The Morgan fingerprint density at radius 1 is 0.438 bits per heavy atom. The van der Waals surface area contributed by atoms with Crippen LogP contribution < -0.4 is 5.32 Å². The molecule has 0 bridgehead atoms. The average Bonchev–Trinajstić information content (AvgIpc) is 2.86. The standard InChI is InChI=1S/C17H20.C14H15N/c1-3-14-9-5-7-11-16(14)13-17-12-8-6-10-15(17)4-2;1-3-7-13(8-4-1)11-15-12-14-9-5-2-6-10-14/h5-12H,3-4,13H2,1-2H3;1-10,15H,11-12H2. The van der Waals surface area contributed by atoms with Crippen molar-refractivity contribution in [2.24, 2.45) is 0 Å². The molecule has 0 amide bonds. The predicted octanol–water partition coefficient (Wildman–Crippen LogP) is 7.38. The van der Waals surface area contributed by atoms with Crippen molar-refractivity contribution in [3.63, 3.8) is 0 Å². The first-order valence-electron chi connectivity index (χ1n) is 11.7. The van der Waals surface area contributed by atoms with Crippen molar-refractivity contribution in [2.45, 2.75) is 46.2 Å². The van der Waals surface area contributed by atoms with E-state index in [-0.39, 0.29) is 0 Å². The smallest absolute Gasteiger partial charge is 0.0208 e. The lowest BCUT2D eigenvalue weighted by molar-refractivity contribution is 0.693. The minimum absolute atomic E-state index is 0.926. The molecular formula is C31H35N. The first kappa shape index (κ1) is 23.5. The second-order valence-electron chi connectivity index (χ2n) is 8.00. The summed E-state index contributed by atoms with van der Waals surface area (Å²) in [7, 11) is 0. The maximum Gasteiger partial charge on any atom is 0.0208 e. The highest BCUT2D eigenvalue weighted by Crippen LogP contribution is 2.18. The van der Waals surface area contributed by atoms with Crippen LogP contribution in [0.4, 0.5) is 0 Å². The summed E-state index contributed by atoms with van der Waals surface area (Å²) in [6, 6.07) is 38.4. The molecular weight excluding hydrogens is 386 g/mol. The Balaban J connectivity index is 0.000000182. The van der Waals surface area contributed by atoms with Gasteiger partial charge < -0.3 is 5.32 Å². The van der Waals surface area contributed by atoms with Gasteiger partial charge in [0, 0.05) is 13.1 Å². The van der Waals surface area contributed by atoms with Crippen molar-refractivity contribution in [1.82, 2.24) is 5.32 Å². The molecule has 164 valence electrons. The highest BCUT2D eigenvalue weighted by molar-refractivity contribution is 5.36. The Morgan fingerprint density at radius 3 is 1.16 bits per heavy atom. The van der Waals surface area contributed by atoms with Gasteiger partial charge in [-0.15, -0.1) is 0 Å². The van der Waals surface area contributed by atoms with Crippen LogP contribution in [0.3, 0.4) is 0 Å². The number of rotatable bonds is 8. The van der Waals surface area contributed by atoms with Gasteiger partial charge >= 0.3 is 0 Å². The highest BCUT2D eigenvalue weighted by atomic mass is 14.8. The van der Waals surface area contributed by atoms with Crippen LogP contribution in [0, 0.1) is 0 Å². The quantitative estimate of drug-likeness (QED) is 0.313. The van der Waals surface area contributed by atoms with Crippen molar-refractivity contribution in [3.05, 3.63) is 143 Å². The Kier molecular flexibility index (Phi) is 9.76. The van der Waals surface area contributed by atoms with Gasteiger partial charge in [-0.1, -0.05) is 123 Å². The Labute approximate surface area is 194 Å². The van der Waals surface area contributed by atoms with E-state index in [2.05, 4.69) is 116 Å². The molecule has 0 aliphatic heterocycles. The first-order chi connectivity index (χ1) is 15.8. The molecule has 0 aromatic heterocycles. The molecule has 4 aromatic rings. The highest BCUT2D eigenvalue weighted by Gasteiger charge is 2.04. The third-order valence-corrected chi connectivity index (χ3v) is 5.72. The average molecular weight is 422 g/mol. The van der Waals surface area contributed by atoms with Gasteiger partial charge in [-0.25, -0.2) is 0 Å². The normalized spacial score (nSPS) is 10.3. The maximum atomic E-state index is 3.42. The molecule has 1 N–H and O–H groups in total. The first-order valence-corrected chi connectivity index (χ1v) is 11.7. The van der Waals surface area contributed by atoms with E-state index >= 15 is 0 Å². The predicted molar refractivity (Wildman–Crippen MR) is 138 cm³/mol. The van der Waals surface area contributed by atoms with Gasteiger partial charge in [-0.3, -0.25) is 0 Å². The van der Waals surface area contributed by atoms with Crippen molar-refractivity contribution in [3.8, 4) is 0 Å². The molecule has 0 atom stereocenters. The molecule has 0 radical (unpaired) electrons. The van der Waals surface area contributed by atoms with Crippen molar-refractivity contribution >= 4 is 0 Å². The molecule has 4 aromatic carbocycles. The van der Waals surface area contributed by atoms with E-state index < -0.39 is 0 Å². The van der Waals surface area contributed by atoms with E-state index in [0.717, 1.165) is 32.4 Å². The molecule has 32 heavy (non-hydrogen) atoms. The number of nitrogens with one attached hydrogen (secondary N) is 1. The van der Waals surface area contributed by atoms with E-state index in [0.29, 0.717) is 0 Å². The fourth-order valence-electron chi connectivity index (χ4n) is 3.90. The van der Waals surface area contributed by atoms with Gasteiger partial charge in [0.15, 0.2) is 0 Å². The Morgan fingerprint density at radius 2 is 0.781 bits per heavy atom. The lowest BCUT2D eigenvalue weighted by Gasteiger charge is -2.11. The number of hydrogen-bond donors (Lipinski definition) is 1. The Hall–Kier alpha value is -3.16. The lowest BCUT2D eigenvalue weighted by atomic mass is 9.95. The number of aryl methyl sites for hydroxylation is 2. The van der Waals surface area contributed by atoms with Crippen molar-refractivity contribution in [2.75, 3.05) is 0 Å². The number of hydrogen-bond acceptors (Lipinski definition) is 1. The van der Waals surface area contributed by atoms with Gasteiger partial charge in [-0.2, -0.15) is 0 Å². The van der Waals surface area contributed by atoms with Gasteiger partial charge in [0.2, 0.25) is 0 Å². The third kappa shape index (κ3) is 7.51. The molecule has 0 spiro atoms. The largest absolute Gasteiger partial charge is 0.309 e. The van der Waals surface area contributed by atoms with Crippen LogP contribution in [0.15, 0.2) is 109 Å². The van der Waals surface area contributed by atoms with Crippen molar-refractivity contribution < 1.29 is 0 Å². The summed E-state index contributed by atoms with van der Waals surface area (Å²) >= 11 is 0. The molecule has 0 fully saturated rings. The van der Waals surface area contributed by atoms with E-state index in [1.165, 1.54) is 33.4 Å².